The minimum absolute atomic E-state index is 0.830. The number of hydrogen-bond donors (Lipinski definition) is 0. The number of imidazole rings is 2. The van der Waals surface area contributed by atoms with E-state index in [1.54, 1.807) is 0 Å². The molecule has 29 heavy (non-hydrogen) atoms. The number of para-hydroxylation sites is 4. The molecule has 0 bridgehead atoms. The molecule has 0 aliphatic carbocycles. The van der Waals surface area contributed by atoms with Crippen LogP contribution < -0.4 is 0 Å². The van der Waals surface area contributed by atoms with E-state index in [1.165, 1.54) is 38.9 Å². The summed E-state index contributed by atoms with van der Waals surface area (Å²) in [5.41, 5.74) is 11.2. The average Bonchev–Trinajstić information content (AvgIpc) is 3.33. The van der Waals surface area contributed by atoms with E-state index in [4.69, 9.17) is 0 Å². The van der Waals surface area contributed by atoms with Crippen molar-refractivity contribution in [2.75, 3.05) is 0 Å². The molecule has 0 saturated heterocycles. The summed E-state index contributed by atoms with van der Waals surface area (Å²) in [5, 5.41) is 0. The van der Waals surface area contributed by atoms with E-state index in [9.17, 15) is 0 Å². The zero-order chi connectivity index (χ0) is 20.0. The van der Waals surface area contributed by atoms with Crippen molar-refractivity contribution in [3.05, 3.63) is 95.1 Å². The Morgan fingerprint density at radius 3 is 1.59 bits per heavy atom. The molecular weight excluding hydrogens is 356 g/mol. The lowest BCUT2D eigenvalue weighted by atomic mass is 9.93. The highest BCUT2D eigenvalue weighted by Crippen LogP contribution is 2.26. The summed E-state index contributed by atoms with van der Waals surface area (Å²) in [4.78, 5) is 9.12. The van der Waals surface area contributed by atoms with Gasteiger partial charge in [0, 0.05) is 13.1 Å². The van der Waals surface area contributed by atoms with Crippen molar-refractivity contribution >= 4 is 22.1 Å². The predicted molar refractivity (Wildman–Crippen MR) is 118 cm³/mol. The third-order valence-corrected chi connectivity index (χ3v) is 6.00. The number of benzene rings is 3. The Morgan fingerprint density at radius 1 is 0.655 bits per heavy atom. The van der Waals surface area contributed by atoms with Gasteiger partial charge in [-0.15, -0.1) is 0 Å². The van der Waals surface area contributed by atoms with Gasteiger partial charge in [-0.3, -0.25) is 0 Å². The average molecular weight is 380 g/mol. The van der Waals surface area contributed by atoms with Crippen molar-refractivity contribution in [2.45, 2.75) is 33.9 Å². The first-order chi connectivity index (χ1) is 14.1. The lowest BCUT2D eigenvalue weighted by Gasteiger charge is -2.19. The van der Waals surface area contributed by atoms with Crippen molar-refractivity contribution in [1.82, 2.24) is 19.1 Å². The highest BCUT2D eigenvalue weighted by Gasteiger charge is 2.14. The van der Waals surface area contributed by atoms with E-state index >= 15 is 0 Å². The molecule has 0 aliphatic rings. The van der Waals surface area contributed by atoms with Gasteiger partial charge < -0.3 is 9.13 Å². The van der Waals surface area contributed by atoms with Crippen LogP contribution in [0.3, 0.4) is 0 Å². The molecule has 5 rings (SSSR count). The standard InChI is InChI=1S/C25H24N4/c1-17-12-18(2)21(14-29-16-27-23-9-5-7-11-25(23)29)19(3)20(17)13-28-15-26-22-8-4-6-10-24(22)28/h4-12,15-16H,13-14H2,1-3H3. The largest absolute Gasteiger partial charge is 0.326 e. The van der Waals surface area contributed by atoms with E-state index in [0.717, 1.165) is 24.1 Å². The highest BCUT2D eigenvalue weighted by atomic mass is 15.0. The van der Waals surface area contributed by atoms with Crippen LogP contribution in [0.25, 0.3) is 22.1 Å². The molecule has 0 unspecified atom stereocenters. The zero-order valence-electron chi connectivity index (χ0n) is 17.1. The van der Waals surface area contributed by atoms with Crippen LogP contribution >= 0.6 is 0 Å². The fourth-order valence-electron chi connectivity index (χ4n) is 4.37. The monoisotopic (exact) mass is 380 g/mol. The maximum absolute atomic E-state index is 4.56. The minimum atomic E-state index is 0.830. The fraction of sp³-hybridized carbons (Fsp3) is 0.200. The van der Waals surface area contributed by atoms with Crippen LogP contribution in [0, 0.1) is 20.8 Å². The Kier molecular flexibility index (Phi) is 4.20. The molecule has 4 heteroatoms. The molecule has 2 heterocycles. The molecule has 0 N–H and O–H groups in total. The molecule has 0 saturated carbocycles. The number of nitrogens with zero attached hydrogens (tertiary/aromatic N) is 4. The van der Waals surface area contributed by atoms with Crippen molar-refractivity contribution in [2.24, 2.45) is 0 Å². The molecule has 3 aromatic carbocycles. The second-order valence-corrected chi connectivity index (χ2v) is 7.81. The predicted octanol–water partition coefficient (Wildman–Crippen LogP) is 5.41. The molecule has 4 nitrogen and oxygen atoms in total. The lowest BCUT2D eigenvalue weighted by Crippen LogP contribution is -2.09. The Morgan fingerprint density at radius 2 is 1.10 bits per heavy atom. The molecule has 0 spiro atoms. The first-order valence-corrected chi connectivity index (χ1v) is 10.00. The van der Waals surface area contributed by atoms with E-state index in [1.807, 2.05) is 24.8 Å². The summed E-state index contributed by atoms with van der Waals surface area (Å²) in [6.07, 6.45) is 3.90. The van der Waals surface area contributed by atoms with Crippen LogP contribution in [0.1, 0.15) is 27.8 Å². The topological polar surface area (TPSA) is 35.6 Å². The summed E-state index contributed by atoms with van der Waals surface area (Å²) in [7, 11) is 0. The number of hydrogen-bond acceptors (Lipinski definition) is 2. The lowest BCUT2D eigenvalue weighted by molar-refractivity contribution is 0.783. The summed E-state index contributed by atoms with van der Waals surface area (Å²) in [6.45, 7) is 8.34. The van der Waals surface area contributed by atoms with Gasteiger partial charge in [-0.2, -0.15) is 0 Å². The molecule has 0 fully saturated rings. The minimum Gasteiger partial charge on any atom is -0.326 e. The third kappa shape index (κ3) is 3.01. The Hall–Kier alpha value is -3.40. The molecule has 0 aliphatic heterocycles. The molecule has 2 aromatic heterocycles. The van der Waals surface area contributed by atoms with E-state index in [2.05, 4.69) is 82.3 Å². The van der Waals surface area contributed by atoms with Gasteiger partial charge in [0.1, 0.15) is 0 Å². The third-order valence-electron chi connectivity index (χ3n) is 6.00. The Bertz CT molecular complexity index is 1240. The normalized spacial score (nSPS) is 11.6. The summed E-state index contributed by atoms with van der Waals surface area (Å²) in [6, 6.07) is 18.9. The first kappa shape index (κ1) is 17.7. The van der Waals surface area contributed by atoms with Crippen LogP contribution in [0.2, 0.25) is 0 Å². The maximum atomic E-state index is 4.56. The number of rotatable bonds is 4. The van der Waals surface area contributed by atoms with Crippen LogP contribution in [-0.4, -0.2) is 19.1 Å². The maximum Gasteiger partial charge on any atom is 0.0961 e. The SMILES string of the molecule is Cc1cc(C)c(Cn2cnc3ccccc32)c(C)c1Cn1cnc2ccccc21. The molecular formula is C25H24N4. The molecule has 144 valence electrons. The Balaban J connectivity index is 1.57. The van der Waals surface area contributed by atoms with Gasteiger partial charge in [-0.25, -0.2) is 9.97 Å². The first-order valence-electron chi connectivity index (χ1n) is 10.00. The van der Waals surface area contributed by atoms with Crippen LogP contribution in [-0.2, 0) is 13.1 Å². The van der Waals surface area contributed by atoms with Crippen molar-refractivity contribution in [1.29, 1.82) is 0 Å². The number of aromatic nitrogens is 4. The van der Waals surface area contributed by atoms with Gasteiger partial charge in [0.15, 0.2) is 0 Å². The zero-order valence-corrected chi connectivity index (χ0v) is 17.1. The van der Waals surface area contributed by atoms with Crippen LogP contribution in [0.5, 0.6) is 0 Å². The van der Waals surface area contributed by atoms with E-state index in [0.29, 0.717) is 0 Å². The Labute approximate surface area is 170 Å². The van der Waals surface area contributed by atoms with Crippen LogP contribution in [0.4, 0.5) is 0 Å². The highest BCUT2D eigenvalue weighted by molar-refractivity contribution is 5.76. The van der Waals surface area contributed by atoms with Gasteiger partial charge in [0.05, 0.1) is 34.7 Å². The van der Waals surface area contributed by atoms with Gasteiger partial charge in [-0.05, 0) is 72.9 Å². The van der Waals surface area contributed by atoms with Crippen molar-refractivity contribution in [3.8, 4) is 0 Å². The summed E-state index contributed by atoms with van der Waals surface area (Å²) >= 11 is 0. The number of fused-ring (bicyclic) bond motifs is 2. The van der Waals surface area contributed by atoms with Gasteiger partial charge in [0.25, 0.3) is 0 Å². The molecule has 0 amide bonds. The smallest absolute Gasteiger partial charge is 0.0961 e. The van der Waals surface area contributed by atoms with E-state index in [-0.39, 0.29) is 0 Å². The molecule has 5 aromatic rings. The number of aryl methyl sites for hydroxylation is 2. The van der Waals surface area contributed by atoms with Crippen molar-refractivity contribution in [3.63, 3.8) is 0 Å². The second-order valence-electron chi connectivity index (χ2n) is 7.81. The molecule has 0 radical (unpaired) electrons. The van der Waals surface area contributed by atoms with E-state index < -0.39 is 0 Å². The quantitative estimate of drug-likeness (QED) is 0.418. The van der Waals surface area contributed by atoms with Gasteiger partial charge in [-0.1, -0.05) is 30.3 Å². The summed E-state index contributed by atoms with van der Waals surface area (Å²) < 4.78 is 4.49. The fourth-order valence-corrected chi connectivity index (χ4v) is 4.37. The van der Waals surface area contributed by atoms with Gasteiger partial charge >= 0.3 is 0 Å². The summed E-state index contributed by atoms with van der Waals surface area (Å²) in [5.74, 6) is 0. The molecule has 0 atom stereocenters. The second kappa shape index (κ2) is 6.89. The van der Waals surface area contributed by atoms with Gasteiger partial charge in [0.2, 0.25) is 0 Å². The van der Waals surface area contributed by atoms with Crippen molar-refractivity contribution < 1.29 is 0 Å². The van der Waals surface area contributed by atoms with Crippen LogP contribution in [0.15, 0.2) is 67.3 Å².